The lowest BCUT2D eigenvalue weighted by Gasteiger charge is -2.07. The van der Waals surface area contributed by atoms with E-state index in [1.165, 1.54) is 6.33 Å². The lowest BCUT2D eigenvalue weighted by atomic mass is 10.3. The zero-order valence-corrected chi connectivity index (χ0v) is 8.31. The molecule has 0 bridgehead atoms. The van der Waals surface area contributed by atoms with Crippen molar-refractivity contribution in [3.8, 4) is 11.6 Å². The molecule has 0 aliphatic rings. The highest BCUT2D eigenvalue weighted by atomic mass is 16.5. The van der Waals surface area contributed by atoms with Crippen molar-refractivity contribution in [1.82, 2.24) is 9.97 Å². The van der Waals surface area contributed by atoms with Crippen LogP contribution in [-0.4, -0.2) is 9.97 Å². The first-order valence-electron chi connectivity index (χ1n) is 4.54. The summed E-state index contributed by atoms with van der Waals surface area (Å²) in [6, 6.07) is 6.88. The van der Waals surface area contributed by atoms with Crippen LogP contribution in [0.25, 0.3) is 0 Å². The second-order valence-corrected chi connectivity index (χ2v) is 3.09. The van der Waals surface area contributed by atoms with Crippen LogP contribution in [0.2, 0.25) is 0 Å². The Morgan fingerprint density at radius 1 is 1.25 bits per heavy atom. The van der Waals surface area contributed by atoms with Gasteiger partial charge in [0, 0.05) is 0 Å². The zero-order valence-electron chi connectivity index (χ0n) is 8.31. The number of benzene rings is 1. The van der Waals surface area contributed by atoms with E-state index in [1.54, 1.807) is 24.3 Å². The molecule has 0 radical (unpaired) electrons. The molecule has 0 unspecified atom stereocenters. The number of nitrogens with two attached hydrogens (primary N) is 2. The largest absolute Gasteiger partial charge is 0.435 e. The van der Waals surface area contributed by atoms with E-state index in [0.717, 1.165) is 0 Å². The van der Waals surface area contributed by atoms with Gasteiger partial charge in [0.05, 0.1) is 12.0 Å². The number of hydrogen-bond acceptors (Lipinski definition) is 5. The lowest BCUT2D eigenvalue weighted by molar-refractivity contribution is 0.465. The third-order valence-electron chi connectivity index (χ3n) is 1.98. The lowest BCUT2D eigenvalue weighted by Crippen LogP contribution is -2.13. The van der Waals surface area contributed by atoms with E-state index in [0.29, 0.717) is 11.4 Å². The third kappa shape index (κ3) is 1.81. The molecule has 0 aliphatic carbocycles. The standard InChI is InChI=1S/C10H10N4O2/c11-6-3-1-2-4-7(6)16-10-8(12)9(15)13-5-14-10/h1-5H,11-12H2,(H,13,14,15). The van der Waals surface area contributed by atoms with Crippen molar-refractivity contribution in [1.29, 1.82) is 0 Å². The quantitative estimate of drug-likeness (QED) is 0.644. The fourth-order valence-electron chi connectivity index (χ4n) is 1.15. The molecule has 6 nitrogen and oxygen atoms in total. The number of nitrogens with zero attached hydrogens (tertiary/aromatic N) is 1. The molecule has 16 heavy (non-hydrogen) atoms. The third-order valence-corrected chi connectivity index (χ3v) is 1.98. The second kappa shape index (κ2) is 3.93. The average molecular weight is 218 g/mol. The van der Waals surface area contributed by atoms with Crippen LogP contribution < -0.4 is 21.8 Å². The Hall–Kier alpha value is -2.50. The number of para-hydroxylation sites is 2. The van der Waals surface area contributed by atoms with Gasteiger partial charge in [-0.3, -0.25) is 4.79 Å². The number of anilines is 2. The summed E-state index contributed by atoms with van der Waals surface area (Å²) >= 11 is 0. The summed E-state index contributed by atoms with van der Waals surface area (Å²) in [5.74, 6) is 0.453. The number of nitrogen functional groups attached to an aromatic ring is 2. The second-order valence-electron chi connectivity index (χ2n) is 3.09. The molecule has 0 atom stereocenters. The maximum Gasteiger partial charge on any atom is 0.277 e. The van der Waals surface area contributed by atoms with Crippen molar-refractivity contribution in [2.45, 2.75) is 0 Å². The molecule has 1 aromatic heterocycles. The predicted molar refractivity (Wildman–Crippen MR) is 60.2 cm³/mol. The molecule has 0 spiro atoms. The molecule has 2 rings (SSSR count). The van der Waals surface area contributed by atoms with Gasteiger partial charge in [-0.1, -0.05) is 12.1 Å². The van der Waals surface area contributed by atoms with E-state index in [1.807, 2.05) is 0 Å². The van der Waals surface area contributed by atoms with E-state index < -0.39 is 5.56 Å². The molecular formula is C10H10N4O2. The van der Waals surface area contributed by atoms with Gasteiger partial charge in [-0.15, -0.1) is 0 Å². The van der Waals surface area contributed by atoms with Gasteiger partial charge in [-0.25, -0.2) is 4.98 Å². The molecule has 0 saturated carbocycles. The number of aromatic nitrogens is 2. The highest BCUT2D eigenvalue weighted by Gasteiger charge is 2.08. The number of nitrogens with one attached hydrogen (secondary N) is 1. The number of aromatic amines is 1. The molecule has 82 valence electrons. The van der Waals surface area contributed by atoms with Gasteiger partial charge in [0.2, 0.25) is 5.88 Å². The SMILES string of the molecule is Nc1ccccc1Oc1nc[nH]c(=O)c1N. The molecule has 2 aromatic rings. The summed E-state index contributed by atoms with van der Waals surface area (Å²) in [4.78, 5) is 17.3. The van der Waals surface area contributed by atoms with Crippen LogP contribution in [0.15, 0.2) is 35.4 Å². The Morgan fingerprint density at radius 2 is 2.00 bits per heavy atom. The number of H-pyrrole nitrogens is 1. The summed E-state index contributed by atoms with van der Waals surface area (Å²) in [6.07, 6.45) is 1.22. The highest BCUT2D eigenvalue weighted by Crippen LogP contribution is 2.26. The van der Waals surface area contributed by atoms with E-state index in [-0.39, 0.29) is 11.6 Å². The Morgan fingerprint density at radius 3 is 2.75 bits per heavy atom. The van der Waals surface area contributed by atoms with Gasteiger partial charge in [-0.2, -0.15) is 0 Å². The minimum absolute atomic E-state index is 0.0432. The summed E-state index contributed by atoms with van der Waals surface area (Å²) < 4.78 is 5.34. The Labute approximate surface area is 90.9 Å². The van der Waals surface area contributed by atoms with Gasteiger partial charge in [0.1, 0.15) is 0 Å². The number of ether oxygens (including phenoxy) is 1. The topological polar surface area (TPSA) is 107 Å². The van der Waals surface area contributed by atoms with Crippen molar-refractivity contribution < 1.29 is 4.74 Å². The van der Waals surface area contributed by atoms with Gasteiger partial charge in [-0.05, 0) is 12.1 Å². The highest BCUT2D eigenvalue weighted by molar-refractivity contribution is 5.55. The summed E-state index contributed by atoms with van der Waals surface area (Å²) in [6.45, 7) is 0. The Kier molecular flexibility index (Phi) is 2.47. The molecule has 0 fully saturated rings. The van der Waals surface area contributed by atoms with Crippen LogP contribution in [0, 0.1) is 0 Å². The molecule has 1 aromatic carbocycles. The van der Waals surface area contributed by atoms with Crippen molar-refractivity contribution in [3.63, 3.8) is 0 Å². The van der Waals surface area contributed by atoms with Gasteiger partial charge in [0.25, 0.3) is 5.56 Å². The van der Waals surface area contributed by atoms with Gasteiger partial charge in [0.15, 0.2) is 11.4 Å². The van der Waals surface area contributed by atoms with Crippen LogP contribution in [0.3, 0.4) is 0 Å². The van der Waals surface area contributed by atoms with Crippen LogP contribution in [0.1, 0.15) is 0 Å². The van der Waals surface area contributed by atoms with Crippen molar-refractivity contribution in [2.24, 2.45) is 0 Å². The zero-order chi connectivity index (χ0) is 11.5. The summed E-state index contributed by atoms with van der Waals surface area (Å²) in [5.41, 5.74) is 11.1. The minimum Gasteiger partial charge on any atom is -0.435 e. The maximum atomic E-state index is 11.2. The molecule has 0 aliphatic heterocycles. The van der Waals surface area contributed by atoms with Crippen LogP contribution in [-0.2, 0) is 0 Å². The Bertz CT molecular complexity index is 565. The van der Waals surface area contributed by atoms with E-state index in [9.17, 15) is 4.79 Å². The smallest absolute Gasteiger partial charge is 0.277 e. The fraction of sp³-hybridized carbons (Fsp3) is 0. The first kappa shape index (κ1) is 10.0. The van der Waals surface area contributed by atoms with Crippen LogP contribution in [0.5, 0.6) is 11.6 Å². The van der Waals surface area contributed by atoms with Crippen molar-refractivity contribution >= 4 is 11.4 Å². The minimum atomic E-state index is -0.445. The number of hydrogen-bond donors (Lipinski definition) is 3. The fourth-order valence-corrected chi connectivity index (χ4v) is 1.15. The van der Waals surface area contributed by atoms with Crippen LogP contribution >= 0.6 is 0 Å². The maximum absolute atomic E-state index is 11.2. The Balaban J connectivity index is 2.38. The summed E-state index contributed by atoms with van der Waals surface area (Å²) in [5, 5.41) is 0. The van der Waals surface area contributed by atoms with Gasteiger partial charge >= 0.3 is 0 Å². The number of rotatable bonds is 2. The predicted octanol–water partition coefficient (Wildman–Crippen LogP) is 0.727. The van der Waals surface area contributed by atoms with Crippen LogP contribution in [0.4, 0.5) is 11.4 Å². The monoisotopic (exact) mass is 218 g/mol. The van der Waals surface area contributed by atoms with Crippen molar-refractivity contribution in [2.75, 3.05) is 11.5 Å². The molecular weight excluding hydrogens is 208 g/mol. The molecule has 0 saturated heterocycles. The average Bonchev–Trinajstić information content (AvgIpc) is 2.28. The van der Waals surface area contributed by atoms with Gasteiger partial charge < -0.3 is 21.2 Å². The van der Waals surface area contributed by atoms with E-state index in [4.69, 9.17) is 16.2 Å². The summed E-state index contributed by atoms with van der Waals surface area (Å²) in [7, 11) is 0. The molecule has 6 heteroatoms. The normalized spacial score (nSPS) is 10.0. The molecule has 1 heterocycles. The first-order chi connectivity index (χ1) is 7.68. The molecule has 0 amide bonds. The van der Waals surface area contributed by atoms with E-state index in [2.05, 4.69) is 9.97 Å². The first-order valence-corrected chi connectivity index (χ1v) is 4.54. The molecule has 5 N–H and O–H groups in total. The van der Waals surface area contributed by atoms with Crippen molar-refractivity contribution in [3.05, 3.63) is 40.9 Å². The van der Waals surface area contributed by atoms with E-state index >= 15 is 0 Å².